The van der Waals surface area contributed by atoms with Crippen molar-refractivity contribution in [2.75, 3.05) is 11.9 Å². The van der Waals surface area contributed by atoms with E-state index in [2.05, 4.69) is 43.1 Å². The van der Waals surface area contributed by atoms with Crippen molar-refractivity contribution < 1.29 is 9.53 Å². The highest BCUT2D eigenvalue weighted by Gasteiger charge is 2.28. The monoisotopic (exact) mass is 323 g/mol. The molecule has 0 aliphatic rings. The summed E-state index contributed by atoms with van der Waals surface area (Å²) in [5.41, 5.74) is 2.66. The van der Waals surface area contributed by atoms with E-state index in [1.807, 2.05) is 38.1 Å². The molecule has 24 heavy (non-hydrogen) atoms. The molecule has 126 valence electrons. The third kappa shape index (κ3) is 4.98. The molecule has 0 aliphatic heterocycles. The van der Waals surface area contributed by atoms with Gasteiger partial charge in [-0.1, -0.05) is 56.3 Å². The van der Waals surface area contributed by atoms with Gasteiger partial charge in [0.05, 0.1) is 0 Å². The predicted octanol–water partition coefficient (Wildman–Crippen LogP) is 4.77. The van der Waals surface area contributed by atoms with Gasteiger partial charge in [-0.25, -0.2) is 0 Å². The van der Waals surface area contributed by atoms with E-state index in [0.717, 1.165) is 17.0 Å². The molecule has 2 aromatic rings. The highest BCUT2D eigenvalue weighted by Crippen LogP contribution is 2.25. The minimum atomic E-state index is -0.493. The van der Waals surface area contributed by atoms with Gasteiger partial charge in [0.25, 0.3) is 0 Å². The number of hydrogen-bond donors (Lipinski definition) is 1. The zero-order valence-corrected chi connectivity index (χ0v) is 14.6. The van der Waals surface area contributed by atoms with Gasteiger partial charge in [0.15, 0.2) is 0 Å². The van der Waals surface area contributed by atoms with Crippen LogP contribution in [-0.4, -0.2) is 12.5 Å². The highest BCUT2D eigenvalue weighted by molar-refractivity contribution is 5.95. The van der Waals surface area contributed by atoms with E-state index in [0.29, 0.717) is 13.0 Å². The number of amides is 1. The van der Waals surface area contributed by atoms with Crippen LogP contribution in [0.25, 0.3) is 0 Å². The molecule has 0 aliphatic carbocycles. The summed E-state index contributed by atoms with van der Waals surface area (Å²) in [5.74, 6) is 0.759. The third-order valence-electron chi connectivity index (χ3n) is 3.86. The number of hydrogen-bond acceptors (Lipinski definition) is 2. The number of nitrogens with one attached hydrogen (secondary N) is 1. The van der Waals surface area contributed by atoms with E-state index in [4.69, 9.17) is 4.74 Å². The molecule has 0 radical (unpaired) electrons. The molecule has 1 N–H and O–H groups in total. The van der Waals surface area contributed by atoms with E-state index in [1.165, 1.54) is 5.56 Å². The Morgan fingerprint density at radius 3 is 2.33 bits per heavy atom. The van der Waals surface area contributed by atoms with Crippen LogP contribution in [0.3, 0.4) is 0 Å². The standard InChI is InChI=1S/C21H25NO2/c1-5-14-24-19-12-10-18(11-13-19)22-20(23)21(3,4)15-17-8-6-16(2)7-9-17/h5-13H,1,14-15H2,2-4H3,(H,22,23). The fraction of sp³-hybridized carbons (Fsp3) is 0.286. The summed E-state index contributed by atoms with van der Waals surface area (Å²) in [5, 5.41) is 2.98. The van der Waals surface area contributed by atoms with Gasteiger partial charge in [0.1, 0.15) is 12.4 Å². The number of carbonyl (C=O) groups excluding carboxylic acids is 1. The molecule has 0 saturated heterocycles. The molecule has 0 heterocycles. The van der Waals surface area contributed by atoms with E-state index >= 15 is 0 Å². The predicted molar refractivity (Wildman–Crippen MR) is 99.4 cm³/mol. The second-order valence-electron chi connectivity index (χ2n) is 6.62. The maximum Gasteiger partial charge on any atom is 0.230 e. The first-order valence-electron chi connectivity index (χ1n) is 8.11. The quantitative estimate of drug-likeness (QED) is 0.746. The lowest BCUT2D eigenvalue weighted by molar-refractivity contribution is -0.123. The largest absolute Gasteiger partial charge is 0.490 e. The molecule has 0 saturated carbocycles. The lowest BCUT2D eigenvalue weighted by Gasteiger charge is -2.24. The van der Waals surface area contributed by atoms with Crippen molar-refractivity contribution >= 4 is 11.6 Å². The van der Waals surface area contributed by atoms with Gasteiger partial charge in [-0.05, 0) is 43.2 Å². The average Bonchev–Trinajstić information content (AvgIpc) is 2.56. The smallest absolute Gasteiger partial charge is 0.230 e. The molecule has 2 rings (SSSR count). The van der Waals surface area contributed by atoms with Crippen LogP contribution in [-0.2, 0) is 11.2 Å². The fourth-order valence-electron chi connectivity index (χ4n) is 2.39. The molecule has 0 bridgehead atoms. The van der Waals surface area contributed by atoms with Crippen LogP contribution < -0.4 is 10.1 Å². The van der Waals surface area contributed by atoms with Crippen LogP contribution in [0.4, 0.5) is 5.69 Å². The van der Waals surface area contributed by atoms with E-state index in [-0.39, 0.29) is 5.91 Å². The van der Waals surface area contributed by atoms with Crippen LogP contribution in [0.2, 0.25) is 0 Å². The Hall–Kier alpha value is -2.55. The van der Waals surface area contributed by atoms with Crippen molar-refractivity contribution in [3.8, 4) is 5.75 Å². The van der Waals surface area contributed by atoms with Gasteiger partial charge < -0.3 is 10.1 Å². The van der Waals surface area contributed by atoms with Crippen molar-refractivity contribution in [1.82, 2.24) is 0 Å². The number of benzene rings is 2. The van der Waals surface area contributed by atoms with Gasteiger partial charge in [0, 0.05) is 11.1 Å². The topological polar surface area (TPSA) is 38.3 Å². The summed E-state index contributed by atoms with van der Waals surface area (Å²) in [4.78, 5) is 12.6. The third-order valence-corrected chi connectivity index (χ3v) is 3.86. The number of ether oxygens (including phenoxy) is 1. The average molecular weight is 323 g/mol. The number of rotatable bonds is 7. The van der Waals surface area contributed by atoms with Crippen LogP contribution in [0.5, 0.6) is 5.75 Å². The molecule has 1 amide bonds. The highest BCUT2D eigenvalue weighted by atomic mass is 16.5. The van der Waals surface area contributed by atoms with Gasteiger partial charge in [-0.2, -0.15) is 0 Å². The summed E-state index contributed by atoms with van der Waals surface area (Å²) in [6.45, 7) is 10.1. The molecule has 0 spiro atoms. The minimum absolute atomic E-state index is 0.00262. The van der Waals surface area contributed by atoms with Crippen LogP contribution >= 0.6 is 0 Å². The first kappa shape index (κ1) is 17.8. The lowest BCUT2D eigenvalue weighted by Crippen LogP contribution is -2.32. The fourth-order valence-corrected chi connectivity index (χ4v) is 2.39. The first-order valence-corrected chi connectivity index (χ1v) is 8.11. The number of carbonyl (C=O) groups is 1. The Bertz CT molecular complexity index is 685. The van der Waals surface area contributed by atoms with E-state index < -0.39 is 5.41 Å². The van der Waals surface area contributed by atoms with Gasteiger partial charge in [-0.15, -0.1) is 0 Å². The second-order valence-corrected chi connectivity index (χ2v) is 6.62. The molecular formula is C21H25NO2. The molecular weight excluding hydrogens is 298 g/mol. The van der Waals surface area contributed by atoms with Gasteiger partial charge in [0.2, 0.25) is 5.91 Å². The minimum Gasteiger partial charge on any atom is -0.490 e. The second kappa shape index (κ2) is 7.82. The van der Waals surface area contributed by atoms with Crippen LogP contribution in [0.15, 0.2) is 61.2 Å². The summed E-state index contributed by atoms with van der Waals surface area (Å²) >= 11 is 0. The van der Waals surface area contributed by atoms with Crippen molar-refractivity contribution in [1.29, 1.82) is 0 Å². The van der Waals surface area contributed by atoms with Gasteiger partial charge in [-0.3, -0.25) is 4.79 Å². The molecule has 0 unspecified atom stereocenters. The summed E-state index contributed by atoms with van der Waals surface area (Å²) in [7, 11) is 0. The first-order chi connectivity index (χ1) is 11.4. The van der Waals surface area contributed by atoms with E-state index in [9.17, 15) is 4.79 Å². The van der Waals surface area contributed by atoms with Crippen LogP contribution in [0, 0.1) is 12.3 Å². The zero-order chi connectivity index (χ0) is 17.6. The summed E-state index contributed by atoms with van der Waals surface area (Å²) in [6.07, 6.45) is 2.39. The normalized spacial score (nSPS) is 11.0. The van der Waals surface area contributed by atoms with Crippen LogP contribution in [0.1, 0.15) is 25.0 Å². The van der Waals surface area contributed by atoms with Crippen molar-refractivity contribution in [3.63, 3.8) is 0 Å². The maximum absolute atomic E-state index is 12.6. The molecule has 2 aromatic carbocycles. The van der Waals surface area contributed by atoms with Crippen molar-refractivity contribution in [2.24, 2.45) is 5.41 Å². The number of anilines is 1. The summed E-state index contributed by atoms with van der Waals surface area (Å²) in [6, 6.07) is 15.7. The zero-order valence-electron chi connectivity index (χ0n) is 14.6. The Morgan fingerprint density at radius 2 is 1.75 bits per heavy atom. The SMILES string of the molecule is C=CCOc1ccc(NC(=O)C(C)(C)Cc2ccc(C)cc2)cc1. The Kier molecular flexibility index (Phi) is 5.80. The lowest BCUT2D eigenvalue weighted by atomic mass is 9.84. The molecule has 0 fully saturated rings. The molecule has 0 aromatic heterocycles. The molecule has 3 nitrogen and oxygen atoms in total. The molecule has 0 atom stereocenters. The molecule has 3 heteroatoms. The van der Waals surface area contributed by atoms with Gasteiger partial charge >= 0.3 is 0 Å². The summed E-state index contributed by atoms with van der Waals surface area (Å²) < 4.78 is 5.44. The Labute approximate surface area is 144 Å². The van der Waals surface area contributed by atoms with E-state index in [1.54, 1.807) is 6.08 Å². The number of aryl methyl sites for hydroxylation is 1. The Balaban J connectivity index is 1.99. The maximum atomic E-state index is 12.6. The van der Waals surface area contributed by atoms with Crippen molar-refractivity contribution in [3.05, 3.63) is 72.3 Å². The Morgan fingerprint density at radius 1 is 1.12 bits per heavy atom. The van der Waals surface area contributed by atoms with Crippen molar-refractivity contribution in [2.45, 2.75) is 27.2 Å².